The molecule has 0 aliphatic carbocycles. The molecule has 17 heavy (non-hydrogen) atoms. The highest BCUT2D eigenvalue weighted by molar-refractivity contribution is 5.32. The highest BCUT2D eigenvalue weighted by atomic mass is 19.1. The maximum Gasteiger partial charge on any atom is 0.128 e. The number of nitrogens with one attached hydrogen (secondary N) is 1. The molecule has 2 rings (SSSR count). The topological polar surface area (TPSA) is 50.9 Å². The van der Waals surface area contributed by atoms with E-state index in [1.165, 1.54) is 6.07 Å². The van der Waals surface area contributed by atoms with Gasteiger partial charge in [-0.05, 0) is 25.1 Å². The molecule has 0 bridgehead atoms. The van der Waals surface area contributed by atoms with E-state index in [1.807, 2.05) is 25.1 Å². The van der Waals surface area contributed by atoms with Crippen LogP contribution in [0.4, 0.5) is 4.39 Å². The molecule has 0 saturated heterocycles. The van der Waals surface area contributed by atoms with Gasteiger partial charge in [0, 0.05) is 11.8 Å². The van der Waals surface area contributed by atoms with Crippen LogP contribution >= 0.6 is 0 Å². The van der Waals surface area contributed by atoms with E-state index in [4.69, 9.17) is 5.84 Å². The van der Waals surface area contributed by atoms with Crippen LogP contribution in [0.25, 0.3) is 0 Å². The normalized spacial score (nSPS) is 12.4. The van der Waals surface area contributed by atoms with Gasteiger partial charge in [-0.15, -0.1) is 0 Å². The van der Waals surface area contributed by atoms with Gasteiger partial charge in [0.05, 0.1) is 11.7 Å². The minimum absolute atomic E-state index is 0.288. The van der Waals surface area contributed by atoms with Gasteiger partial charge in [-0.2, -0.15) is 0 Å². The van der Waals surface area contributed by atoms with Crippen LogP contribution in [0.5, 0.6) is 0 Å². The number of benzene rings is 1. The number of pyridine rings is 1. The third-order valence-electron chi connectivity index (χ3n) is 2.61. The van der Waals surface area contributed by atoms with E-state index in [2.05, 4.69) is 10.4 Å². The third kappa shape index (κ3) is 2.49. The zero-order valence-corrected chi connectivity index (χ0v) is 9.52. The van der Waals surface area contributed by atoms with Gasteiger partial charge < -0.3 is 0 Å². The summed E-state index contributed by atoms with van der Waals surface area (Å²) in [6.07, 6.45) is 1.66. The number of rotatable bonds is 3. The SMILES string of the molecule is Cc1ccc(F)c(C(NN)c2ccccn2)c1. The van der Waals surface area contributed by atoms with Crippen molar-refractivity contribution >= 4 is 0 Å². The molecule has 1 aromatic heterocycles. The average Bonchev–Trinajstić information content (AvgIpc) is 2.36. The van der Waals surface area contributed by atoms with Crippen molar-refractivity contribution in [2.45, 2.75) is 13.0 Å². The molecule has 88 valence electrons. The summed E-state index contributed by atoms with van der Waals surface area (Å²) < 4.78 is 13.8. The Balaban J connectivity index is 2.46. The average molecular weight is 231 g/mol. The lowest BCUT2D eigenvalue weighted by Gasteiger charge is -2.16. The molecule has 1 aromatic carbocycles. The van der Waals surface area contributed by atoms with Crippen molar-refractivity contribution in [3.8, 4) is 0 Å². The lowest BCUT2D eigenvalue weighted by atomic mass is 10.0. The summed E-state index contributed by atoms with van der Waals surface area (Å²) in [4.78, 5) is 4.19. The fourth-order valence-electron chi connectivity index (χ4n) is 1.77. The molecule has 0 aliphatic rings. The van der Waals surface area contributed by atoms with Gasteiger partial charge in [-0.3, -0.25) is 10.8 Å². The first-order valence-electron chi connectivity index (χ1n) is 5.35. The second-order valence-electron chi connectivity index (χ2n) is 3.88. The maximum atomic E-state index is 13.8. The van der Waals surface area contributed by atoms with Gasteiger partial charge >= 0.3 is 0 Å². The molecule has 0 fully saturated rings. The van der Waals surface area contributed by atoms with E-state index in [9.17, 15) is 4.39 Å². The van der Waals surface area contributed by atoms with E-state index in [0.29, 0.717) is 11.3 Å². The molecule has 0 saturated carbocycles. The monoisotopic (exact) mass is 231 g/mol. The van der Waals surface area contributed by atoms with Gasteiger partial charge in [-0.1, -0.05) is 23.8 Å². The molecule has 2 aromatic rings. The van der Waals surface area contributed by atoms with Crippen molar-refractivity contribution < 1.29 is 4.39 Å². The van der Waals surface area contributed by atoms with E-state index in [0.717, 1.165) is 5.56 Å². The number of nitrogens with two attached hydrogens (primary N) is 1. The number of halogens is 1. The summed E-state index contributed by atoms with van der Waals surface area (Å²) in [6, 6.07) is 9.98. The van der Waals surface area contributed by atoms with E-state index >= 15 is 0 Å². The fourth-order valence-corrected chi connectivity index (χ4v) is 1.77. The molecule has 0 radical (unpaired) electrons. The highest BCUT2D eigenvalue weighted by Crippen LogP contribution is 2.23. The predicted octanol–water partition coefficient (Wildman–Crippen LogP) is 2.08. The summed E-state index contributed by atoms with van der Waals surface area (Å²) in [6.45, 7) is 1.91. The van der Waals surface area contributed by atoms with Gasteiger partial charge in [0.2, 0.25) is 0 Å². The number of hydrazine groups is 1. The van der Waals surface area contributed by atoms with Gasteiger partial charge in [0.15, 0.2) is 0 Å². The molecule has 3 nitrogen and oxygen atoms in total. The first-order valence-corrected chi connectivity index (χ1v) is 5.35. The van der Waals surface area contributed by atoms with Crippen molar-refractivity contribution in [3.05, 3.63) is 65.2 Å². The molecule has 1 heterocycles. The summed E-state index contributed by atoms with van der Waals surface area (Å²) in [5.41, 5.74) is 4.78. The Morgan fingerprint density at radius 2 is 2.12 bits per heavy atom. The Morgan fingerprint density at radius 3 is 2.76 bits per heavy atom. The van der Waals surface area contributed by atoms with Crippen LogP contribution in [0, 0.1) is 12.7 Å². The molecule has 0 aliphatic heterocycles. The third-order valence-corrected chi connectivity index (χ3v) is 2.61. The van der Waals surface area contributed by atoms with Crippen molar-refractivity contribution in [1.29, 1.82) is 0 Å². The lowest BCUT2D eigenvalue weighted by Crippen LogP contribution is -2.30. The number of aryl methyl sites for hydroxylation is 1. The number of hydrogen-bond donors (Lipinski definition) is 2. The largest absolute Gasteiger partial charge is 0.271 e. The number of hydrogen-bond acceptors (Lipinski definition) is 3. The van der Waals surface area contributed by atoms with Crippen LogP contribution < -0.4 is 11.3 Å². The Labute approximate surface area is 99.5 Å². The minimum atomic E-state index is -0.434. The molecular weight excluding hydrogens is 217 g/mol. The fraction of sp³-hybridized carbons (Fsp3) is 0.154. The van der Waals surface area contributed by atoms with Gasteiger partial charge in [0.25, 0.3) is 0 Å². The van der Waals surface area contributed by atoms with Crippen LogP contribution in [0.15, 0.2) is 42.6 Å². The smallest absolute Gasteiger partial charge is 0.128 e. The van der Waals surface area contributed by atoms with Crippen molar-refractivity contribution in [3.63, 3.8) is 0 Å². The summed E-state index contributed by atoms with van der Waals surface area (Å²) in [5.74, 6) is 5.21. The van der Waals surface area contributed by atoms with Crippen molar-refractivity contribution in [2.75, 3.05) is 0 Å². The van der Waals surface area contributed by atoms with Crippen molar-refractivity contribution in [1.82, 2.24) is 10.4 Å². The zero-order chi connectivity index (χ0) is 12.3. The number of nitrogens with zero attached hydrogens (tertiary/aromatic N) is 1. The molecule has 0 amide bonds. The molecule has 1 unspecified atom stereocenters. The summed E-state index contributed by atoms with van der Waals surface area (Å²) >= 11 is 0. The van der Waals surface area contributed by atoms with Crippen LogP contribution in [-0.4, -0.2) is 4.98 Å². The second kappa shape index (κ2) is 5.03. The minimum Gasteiger partial charge on any atom is -0.271 e. The van der Waals surface area contributed by atoms with Crippen LogP contribution in [0.2, 0.25) is 0 Å². The molecular formula is C13H14FN3. The highest BCUT2D eigenvalue weighted by Gasteiger charge is 2.17. The number of aromatic nitrogens is 1. The Kier molecular flexibility index (Phi) is 3.46. The Morgan fingerprint density at radius 1 is 1.29 bits per heavy atom. The van der Waals surface area contributed by atoms with E-state index in [1.54, 1.807) is 18.3 Å². The molecule has 3 N–H and O–H groups in total. The van der Waals surface area contributed by atoms with Gasteiger partial charge in [0.1, 0.15) is 5.82 Å². The summed E-state index contributed by atoms with van der Waals surface area (Å²) in [5, 5.41) is 0. The quantitative estimate of drug-likeness (QED) is 0.628. The Bertz CT molecular complexity index is 499. The maximum absolute atomic E-state index is 13.8. The Hall–Kier alpha value is -1.78. The van der Waals surface area contributed by atoms with Crippen LogP contribution in [0.1, 0.15) is 22.9 Å². The predicted molar refractivity (Wildman–Crippen MR) is 64.5 cm³/mol. The zero-order valence-electron chi connectivity index (χ0n) is 9.52. The van der Waals surface area contributed by atoms with Gasteiger partial charge in [-0.25, -0.2) is 9.82 Å². The van der Waals surface area contributed by atoms with E-state index < -0.39 is 6.04 Å². The first kappa shape index (κ1) is 11.7. The second-order valence-corrected chi connectivity index (χ2v) is 3.88. The standard InChI is InChI=1S/C13H14FN3/c1-9-5-6-11(14)10(8-9)13(17-15)12-4-2-3-7-16-12/h2-8,13,17H,15H2,1H3. The lowest BCUT2D eigenvalue weighted by molar-refractivity contribution is 0.552. The van der Waals surface area contributed by atoms with Crippen molar-refractivity contribution in [2.24, 2.45) is 5.84 Å². The molecule has 0 spiro atoms. The van der Waals surface area contributed by atoms with Crippen LogP contribution in [0.3, 0.4) is 0 Å². The summed E-state index contributed by atoms with van der Waals surface area (Å²) in [7, 11) is 0. The molecule has 1 atom stereocenters. The molecule has 4 heteroatoms. The van der Waals surface area contributed by atoms with Crippen LogP contribution in [-0.2, 0) is 0 Å². The van der Waals surface area contributed by atoms with E-state index in [-0.39, 0.29) is 5.82 Å². The first-order chi connectivity index (χ1) is 8.22.